The quantitative estimate of drug-likeness (QED) is 0.168. The van der Waals surface area contributed by atoms with Crippen molar-refractivity contribution in [2.75, 3.05) is 0 Å². The number of para-hydroxylation sites is 2. The van der Waals surface area contributed by atoms with Crippen LogP contribution in [0.2, 0.25) is 0 Å². The molecule has 0 atom stereocenters. The van der Waals surface area contributed by atoms with Gasteiger partial charge in [0.05, 0.1) is 0 Å². The first-order valence-electron chi connectivity index (χ1n) is 17.9. The molecule has 1 nitrogen and oxygen atoms in total. The molecule has 1 aromatic heterocycles. The van der Waals surface area contributed by atoms with Crippen molar-refractivity contribution in [3.05, 3.63) is 230 Å². The molecule has 0 radical (unpaired) electrons. The van der Waals surface area contributed by atoms with Crippen LogP contribution >= 0.6 is 0 Å². The zero-order valence-electron chi connectivity index (χ0n) is 29.0. The summed E-state index contributed by atoms with van der Waals surface area (Å²) >= 11 is 0. The largest absolute Gasteiger partial charge is 0.355 e. The fourth-order valence-corrected chi connectivity index (χ4v) is 7.09. The molecule has 0 unspecified atom stereocenters. The van der Waals surface area contributed by atoms with Crippen LogP contribution in [0.15, 0.2) is 218 Å². The Morgan fingerprint density at radius 1 is 0.269 bits per heavy atom. The molecule has 0 aliphatic heterocycles. The van der Waals surface area contributed by atoms with Crippen molar-refractivity contribution in [3.8, 4) is 22.3 Å². The first-order valence-corrected chi connectivity index (χ1v) is 17.9. The summed E-state index contributed by atoms with van der Waals surface area (Å²) in [4.78, 5) is 3.38. The summed E-state index contributed by atoms with van der Waals surface area (Å²) in [5.41, 5.74) is 10.7. The monoisotopic (exact) mass is 665 g/mol. The molecule has 52 heavy (non-hydrogen) atoms. The van der Waals surface area contributed by atoms with Crippen LogP contribution in [0.3, 0.4) is 0 Å². The highest BCUT2D eigenvalue weighted by Gasteiger charge is 2.15. The average Bonchev–Trinajstić information content (AvgIpc) is 3.81. The smallest absolute Gasteiger partial charge is 0.0464 e. The van der Waals surface area contributed by atoms with E-state index in [1.807, 2.05) is 12.1 Å². The first-order chi connectivity index (χ1) is 25.8. The van der Waals surface area contributed by atoms with Gasteiger partial charge in [0.15, 0.2) is 0 Å². The van der Waals surface area contributed by atoms with Gasteiger partial charge in [0, 0.05) is 21.8 Å². The molecule has 9 aromatic carbocycles. The summed E-state index contributed by atoms with van der Waals surface area (Å²) in [6, 6.07) is 76.2. The van der Waals surface area contributed by atoms with Crippen LogP contribution in [0.1, 0.15) is 11.1 Å². The van der Waals surface area contributed by atoms with E-state index in [0.717, 1.165) is 6.42 Å². The lowest BCUT2D eigenvalue weighted by Crippen LogP contribution is -1.77. The summed E-state index contributed by atoms with van der Waals surface area (Å²) in [6.07, 6.45) is 1.10. The number of fused-ring (bicyclic) bond motifs is 9. The summed E-state index contributed by atoms with van der Waals surface area (Å²) < 4.78 is 0. The van der Waals surface area contributed by atoms with Crippen molar-refractivity contribution >= 4 is 43.4 Å². The summed E-state index contributed by atoms with van der Waals surface area (Å²) in [6.45, 7) is 0. The van der Waals surface area contributed by atoms with E-state index in [9.17, 15) is 0 Å². The molecular weight excluding hydrogens is 627 g/mol. The average molecular weight is 666 g/mol. The van der Waals surface area contributed by atoms with Crippen molar-refractivity contribution in [3.63, 3.8) is 0 Å². The number of benzene rings is 9. The van der Waals surface area contributed by atoms with Crippen LogP contribution in [0, 0.1) is 0 Å². The molecule has 10 aromatic rings. The number of nitrogens with one attached hydrogen (secondary N) is 1. The number of hydrogen-bond donors (Lipinski definition) is 1. The number of H-pyrrole nitrogens is 1. The van der Waals surface area contributed by atoms with E-state index in [0.29, 0.717) is 0 Å². The van der Waals surface area contributed by atoms with E-state index in [2.05, 4.69) is 211 Å². The highest BCUT2D eigenvalue weighted by atomic mass is 14.7. The highest BCUT2D eigenvalue weighted by molar-refractivity contribution is 6.08. The molecule has 1 heteroatoms. The number of aromatic amines is 1. The SMILES string of the molecule is c1ccc(-c2ccccc2)cc1.c1ccc2c(c1)Cc1ccccc1-2.c1ccc2c(c1)[nH]c1ccccc12.c1ccc2c(c1)ccc1ccccc12. The van der Waals surface area contributed by atoms with Gasteiger partial charge in [-0.15, -0.1) is 0 Å². The molecule has 248 valence electrons. The summed E-state index contributed by atoms with van der Waals surface area (Å²) in [5, 5.41) is 7.91. The minimum absolute atomic E-state index is 1.10. The molecule has 1 aliphatic carbocycles. The predicted molar refractivity (Wildman–Crippen MR) is 224 cm³/mol. The van der Waals surface area contributed by atoms with Gasteiger partial charge >= 0.3 is 0 Å². The predicted octanol–water partition coefficient (Wildman–Crippen LogP) is 13.9. The van der Waals surface area contributed by atoms with E-state index in [4.69, 9.17) is 0 Å². The third kappa shape index (κ3) is 7.12. The van der Waals surface area contributed by atoms with Gasteiger partial charge < -0.3 is 4.98 Å². The maximum atomic E-state index is 3.38. The Labute approximate surface area is 305 Å². The second-order valence-corrected chi connectivity index (χ2v) is 12.9. The van der Waals surface area contributed by atoms with Gasteiger partial charge in [0.2, 0.25) is 0 Å². The molecule has 0 amide bonds. The van der Waals surface area contributed by atoms with E-state index in [-0.39, 0.29) is 0 Å². The molecule has 0 fully saturated rings. The molecule has 1 N–H and O–H groups in total. The standard InChI is InChI=1S/C14H10.C13H10.C12H9N.C12H10/c1-3-7-13-11(5-1)9-10-12-6-2-4-8-14(12)13;1-3-7-12-10(5-1)9-11-6-2-4-8-13(11)12;1-3-7-11-9(5-1)10-6-2-4-8-12(10)13-11;1-3-7-11(8-4-1)12-9-5-2-6-10-12/h1-10H;1-8H,9H2;1-8,13H;1-10H. The number of hydrogen-bond acceptors (Lipinski definition) is 0. The Kier molecular flexibility index (Phi) is 9.66. The zero-order valence-corrected chi connectivity index (χ0v) is 29.0. The first kappa shape index (κ1) is 32.5. The summed E-state index contributed by atoms with van der Waals surface area (Å²) in [7, 11) is 0. The van der Waals surface area contributed by atoms with Crippen LogP contribution in [0.5, 0.6) is 0 Å². The minimum atomic E-state index is 1.10. The Morgan fingerprint density at radius 2 is 0.615 bits per heavy atom. The second-order valence-electron chi connectivity index (χ2n) is 12.9. The fraction of sp³-hybridized carbons (Fsp3) is 0.0196. The number of aromatic nitrogens is 1. The molecule has 0 saturated carbocycles. The molecule has 11 rings (SSSR count). The number of rotatable bonds is 1. The van der Waals surface area contributed by atoms with E-state index < -0.39 is 0 Å². The topological polar surface area (TPSA) is 15.8 Å². The van der Waals surface area contributed by atoms with Crippen LogP contribution in [0.4, 0.5) is 0 Å². The van der Waals surface area contributed by atoms with Crippen LogP contribution in [-0.4, -0.2) is 4.98 Å². The van der Waals surface area contributed by atoms with Gasteiger partial charge in [-0.1, -0.05) is 206 Å². The van der Waals surface area contributed by atoms with E-state index >= 15 is 0 Å². The van der Waals surface area contributed by atoms with Crippen molar-refractivity contribution in [2.45, 2.75) is 6.42 Å². The molecule has 0 spiro atoms. The third-order valence-electron chi connectivity index (χ3n) is 9.65. The van der Waals surface area contributed by atoms with E-state index in [1.165, 1.54) is 76.7 Å². The zero-order chi connectivity index (χ0) is 35.0. The molecular formula is C51H39N. The Balaban J connectivity index is 0.0000000993. The Morgan fingerprint density at radius 3 is 1.08 bits per heavy atom. The van der Waals surface area contributed by atoms with Gasteiger partial charge in [-0.3, -0.25) is 0 Å². The maximum Gasteiger partial charge on any atom is 0.0464 e. The van der Waals surface area contributed by atoms with Crippen molar-refractivity contribution in [2.24, 2.45) is 0 Å². The van der Waals surface area contributed by atoms with Crippen molar-refractivity contribution in [1.29, 1.82) is 0 Å². The van der Waals surface area contributed by atoms with Gasteiger partial charge in [-0.2, -0.15) is 0 Å². The Hall–Kier alpha value is -6.70. The molecule has 0 bridgehead atoms. The van der Waals surface area contributed by atoms with Gasteiger partial charge in [-0.05, 0) is 73.5 Å². The van der Waals surface area contributed by atoms with Gasteiger partial charge in [-0.25, -0.2) is 0 Å². The second kappa shape index (κ2) is 15.5. The summed E-state index contributed by atoms with van der Waals surface area (Å²) in [5.74, 6) is 0. The lowest BCUT2D eigenvalue weighted by Gasteiger charge is -2.02. The Bertz CT molecular complexity index is 2520. The molecule has 1 heterocycles. The third-order valence-corrected chi connectivity index (χ3v) is 9.65. The lowest BCUT2D eigenvalue weighted by atomic mass is 10.0. The van der Waals surface area contributed by atoms with Crippen LogP contribution in [0.25, 0.3) is 65.6 Å². The molecule has 1 aliphatic rings. The van der Waals surface area contributed by atoms with Crippen LogP contribution in [-0.2, 0) is 6.42 Å². The minimum Gasteiger partial charge on any atom is -0.355 e. The van der Waals surface area contributed by atoms with Crippen LogP contribution < -0.4 is 0 Å². The van der Waals surface area contributed by atoms with Crippen molar-refractivity contribution in [1.82, 2.24) is 4.98 Å². The van der Waals surface area contributed by atoms with Gasteiger partial charge in [0.1, 0.15) is 0 Å². The molecule has 0 saturated heterocycles. The maximum absolute atomic E-state index is 3.38. The fourth-order valence-electron chi connectivity index (χ4n) is 7.09. The van der Waals surface area contributed by atoms with Gasteiger partial charge in [0.25, 0.3) is 0 Å². The van der Waals surface area contributed by atoms with Crippen molar-refractivity contribution < 1.29 is 0 Å². The highest BCUT2D eigenvalue weighted by Crippen LogP contribution is 2.35. The normalized spacial score (nSPS) is 11.0. The lowest BCUT2D eigenvalue weighted by molar-refractivity contribution is 1.26. The van der Waals surface area contributed by atoms with E-state index in [1.54, 1.807) is 0 Å².